The van der Waals surface area contributed by atoms with Gasteiger partial charge >= 0.3 is 0 Å². The van der Waals surface area contributed by atoms with Gasteiger partial charge in [-0.1, -0.05) is 25.5 Å². The average molecular weight is 321 g/mol. The van der Waals surface area contributed by atoms with Gasteiger partial charge in [-0.05, 0) is 41.3 Å². The first-order valence-electron chi connectivity index (χ1n) is 7.32. The molecule has 1 fully saturated rings. The van der Waals surface area contributed by atoms with E-state index in [-0.39, 0.29) is 10.9 Å². The highest BCUT2D eigenvalue weighted by molar-refractivity contribution is 7.89. The molecule has 0 aliphatic heterocycles. The molecule has 2 aromatic rings. The van der Waals surface area contributed by atoms with E-state index in [1.165, 1.54) is 4.68 Å². The number of aryl methyl sites for hydroxylation is 1. The molecule has 8 heteroatoms. The van der Waals surface area contributed by atoms with Crippen molar-refractivity contribution >= 4 is 10.0 Å². The monoisotopic (exact) mass is 321 g/mol. The second-order valence-electron chi connectivity index (χ2n) is 5.79. The second kappa shape index (κ2) is 5.77. The summed E-state index contributed by atoms with van der Waals surface area (Å²) < 4.78 is 29.5. The van der Waals surface area contributed by atoms with Crippen LogP contribution in [0.15, 0.2) is 29.2 Å². The lowest BCUT2D eigenvalue weighted by atomic mass is 10.1. The minimum Gasteiger partial charge on any atom is -0.229 e. The van der Waals surface area contributed by atoms with E-state index in [1.54, 1.807) is 31.3 Å². The maximum Gasteiger partial charge on any atom is 0.240 e. The molecule has 1 N–H and O–H groups in total. The lowest BCUT2D eigenvalue weighted by molar-refractivity contribution is 0.476. The van der Waals surface area contributed by atoms with Crippen LogP contribution in [0.5, 0.6) is 0 Å². The number of sulfonamides is 1. The van der Waals surface area contributed by atoms with Crippen molar-refractivity contribution in [1.82, 2.24) is 24.9 Å². The van der Waals surface area contributed by atoms with E-state index in [4.69, 9.17) is 0 Å². The number of nitrogens with zero attached hydrogens (tertiary/aromatic N) is 4. The summed E-state index contributed by atoms with van der Waals surface area (Å²) in [6, 6.07) is 6.72. The van der Waals surface area contributed by atoms with Gasteiger partial charge in [0, 0.05) is 18.7 Å². The number of benzene rings is 1. The Kier molecular flexibility index (Phi) is 3.96. The Labute approximate surface area is 129 Å². The number of nitrogens with one attached hydrogen (secondary N) is 1. The smallest absolute Gasteiger partial charge is 0.229 e. The molecule has 0 saturated heterocycles. The van der Waals surface area contributed by atoms with Gasteiger partial charge in [-0.25, -0.2) is 17.8 Å². The van der Waals surface area contributed by atoms with E-state index in [0.717, 1.165) is 19.3 Å². The molecule has 0 radical (unpaired) electrons. The maximum atomic E-state index is 12.6. The maximum absolute atomic E-state index is 12.6. The third-order valence-electron chi connectivity index (χ3n) is 4.19. The first-order valence-corrected chi connectivity index (χ1v) is 8.81. The number of rotatable bonds is 4. The number of hydrogen-bond donors (Lipinski definition) is 1. The summed E-state index contributed by atoms with van der Waals surface area (Å²) in [6.45, 7) is 2.09. The average Bonchev–Trinajstić information content (AvgIpc) is 3.08. The van der Waals surface area contributed by atoms with Crippen molar-refractivity contribution in [2.45, 2.75) is 37.1 Å². The largest absolute Gasteiger partial charge is 0.240 e. The second-order valence-corrected chi connectivity index (χ2v) is 7.50. The number of aromatic nitrogens is 4. The molecule has 1 aliphatic rings. The Bertz CT molecular complexity index is 771. The van der Waals surface area contributed by atoms with Crippen LogP contribution < -0.4 is 4.72 Å². The molecule has 22 heavy (non-hydrogen) atoms. The zero-order valence-electron chi connectivity index (χ0n) is 12.6. The Morgan fingerprint density at radius 2 is 2.14 bits per heavy atom. The molecule has 0 bridgehead atoms. The van der Waals surface area contributed by atoms with Crippen molar-refractivity contribution in [2.24, 2.45) is 13.0 Å². The lowest BCUT2D eigenvalue weighted by Gasteiger charge is -2.17. The lowest BCUT2D eigenvalue weighted by Crippen LogP contribution is -2.36. The Morgan fingerprint density at radius 1 is 1.32 bits per heavy atom. The molecule has 0 amide bonds. The van der Waals surface area contributed by atoms with Gasteiger partial charge in [-0.3, -0.25) is 0 Å². The zero-order valence-corrected chi connectivity index (χ0v) is 13.4. The van der Waals surface area contributed by atoms with E-state index in [1.807, 2.05) is 0 Å². The molecule has 118 valence electrons. The van der Waals surface area contributed by atoms with Crippen molar-refractivity contribution in [3.63, 3.8) is 0 Å². The van der Waals surface area contributed by atoms with Gasteiger partial charge in [0.1, 0.15) is 0 Å². The Hall–Kier alpha value is -1.80. The van der Waals surface area contributed by atoms with Gasteiger partial charge < -0.3 is 0 Å². The van der Waals surface area contributed by atoms with Crippen LogP contribution in [0, 0.1) is 5.92 Å². The standard InChI is InChI=1S/C14H19N5O2S/c1-10-5-3-8-13(10)16-22(20,21)12-7-4-6-11(9-12)14-15-17-18-19(14)2/h4,6-7,9-10,13,16H,3,5,8H2,1-2H3/t10-,13+/m1/s1. The summed E-state index contributed by atoms with van der Waals surface area (Å²) in [5.41, 5.74) is 0.676. The predicted molar refractivity (Wildman–Crippen MR) is 81.4 cm³/mol. The predicted octanol–water partition coefficient (Wildman–Crippen LogP) is 1.34. The molecular weight excluding hydrogens is 302 g/mol. The molecule has 1 aliphatic carbocycles. The summed E-state index contributed by atoms with van der Waals surface area (Å²) >= 11 is 0. The first-order chi connectivity index (χ1) is 10.5. The molecule has 1 heterocycles. The van der Waals surface area contributed by atoms with Crippen LogP contribution in [-0.4, -0.2) is 34.7 Å². The van der Waals surface area contributed by atoms with Gasteiger partial charge in [0.05, 0.1) is 4.90 Å². The quantitative estimate of drug-likeness (QED) is 0.918. The molecule has 7 nitrogen and oxygen atoms in total. The number of hydrogen-bond acceptors (Lipinski definition) is 5. The van der Waals surface area contributed by atoms with Crippen molar-refractivity contribution in [3.8, 4) is 11.4 Å². The van der Waals surface area contributed by atoms with Crippen LogP contribution in [0.4, 0.5) is 0 Å². The van der Waals surface area contributed by atoms with E-state index < -0.39 is 10.0 Å². The molecule has 1 aromatic carbocycles. The van der Waals surface area contributed by atoms with E-state index in [2.05, 4.69) is 27.2 Å². The summed E-state index contributed by atoms with van der Waals surface area (Å²) in [7, 11) is -1.81. The van der Waals surface area contributed by atoms with Crippen LogP contribution in [0.3, 0.4) is 0 Å². The van der Waals surface area contributed by atoms with Crippen molar-refractivity contribution in [2.75, 3.05) is 0 Å². The molecule has 2 atom stereocenters. The van der Waals surface area contributed by atoms with E-state index in [9.17, 15) is 8.42 Å². The summed E-state index contributed by atoms with van der Waals surface area (Å²) in [4.78, 5) is 0.243. The summed E-state index contributed by atoms with van der Waals surface area (Å²) in [6.07, 6.45) is 3.03. The molecule has 1 saturated carbocycles. The summed E-state index contributed by atoms with van der Waals surface area (Å²) in [5, 5.41) is 11.3. The van der Waals surface area contributed by atoms with Gasteiger partial charge in [-0.15, -0.1) is 5.10 Å². The fourth-order valence-electron chi connectivity index (χ4n) is 2.86. The van der Waals surface area contributed by atoms with Crippen molar-refractivity contribution in [1.29, 1.82) is 0 Å². The third-order valence-corrected chi connectivity index (χ3v) is 5.68. The van der Waals surface area contributed by atoms with Crippen LogP contribution in [0.2, 0.25) is 0 Å². The van der Waals surface area contributed by atoms with Crippen LogP contribution in [0.25, 0.3) is 11.4 Å². The normalized spacial score (nSPS) is 22.1. The molecule has 3 rings (SSSR count). The SMILES string of the molecule is C[C@@H]1CCC[C@@H]1NS(=O)(=O)c1cccc(-c2nnnn2C)c1. The molecular formula is C14H19N5O2S. The molecule has 1 aromatic heterocycles. The van der Waals surface area contributed by atoms with Gasteiger partial charge in [0.15, 0.2) is 5.82 Å². The highest BCUT2D eigenvalue weighted by Crippen LogP contribution is 2.27. The third kappa shape index (κ3) is 2.89. The summed E-state index contributed by atoms with van der Waals surface area (Å²) in [5.74, 6) is 0.909. The molecule has 0 spiro atoms. The van der Waals surface area contributed by atoms with E-state index >= 15 is 0 Å². The van der Waals surface area contributed by atoms with Crippen molar-refractivity contribution in [3.05, 3.63) is 24.3 Å². The van der Waals surface area contributed by atoms with Gasteiger partial charge in [0.2, 0.25) is 10.0 Å². The first kappa shape index (κ1) is 15.1. The van der Waals surface area contributed by atoms with Crippen LogP contribution in [-0.2, 0) is 17.1 Å². The zero-order chi connectivity index (χ0) is 15.7. The minimum absolute atomic E-state index is 0.0187. The van der Waals surface area contributed by atoms with Gasteiger partial charge in [-0.2, -0.15) is 0 Å². The Morgan fingerprint density at radius 3 is 2.77 bits per heavy atom. The fourth-order valence-corrected chi connectivity index (χ4v) is 4.29. The number of tetrazole rings is 1. The van der Waals surface area contributed by atoms with Gasteiger partial charge in [0.25, 0.3) is 0 Å². The topological polar surface area (TPSA) is 89.8 Å². The fraction of sp³-hybridized carbons (Fsp3) is 0.500. The highest BCUT2D eigenvalue weighted by Gasteiger charge is 2.28. The highest BCUT2D eigenvalue weighted by atomic mass is 32.2. The van der Waals surface area contributed by atoms with E-state index in [0.29, 0.717) is 17.3 Å². The van der Waals surface area contributed by atoms with Crippen molar-refractivity contribution < 1.29 is 8.42 Å². The van der Waals surface area contributed by atoms with Crippen LogP contribution >= 0.6 is 0 Å². The minimum atomic E-state index is -3.53. The Balaban J connectivity index is 1.89. The molecule has 0 unspecified atom stereocenters. The van der Waals surface area contributed by atoms with Crippen LogP contribution in [0.1, 0.15) is 26.2 Å².